The van der Waals surface area contributed by atoms with Gasteiger partial charge in [0.25, 0.3) is 0 Å². The maximum absolute atomic E-state index is 12.9. The van der Waals surface area contributed by atoms with Gasteiger partial charge in [-0.15, -0.1) is 0 Å². The van der Waals surface area contributed by atoms with E-state index in [1.54, 1.807) is 7.05 Å². The van der Waals surface area contributed by atoms with E-state index in [-0.39, 0.29) is 24.1 Å². The summed E-state index contributed by atoms with van der Waals surface area (Å²) >= 11 is 1.28. The first-order chi connectivity index (χ1) is 12.8. The monoisotopic (exact) mass is 385 g/mol. The zero-order valence-corrected chi connectivity index (χ0v) is 16.1. The average molecular weight is 385 g/mol. The molecule has 1 aliphatic heterocycles. The summed E-state index contributed by atoms with van der Waals surface area (Å²) in [5, 5.41) is 2.73. The fourth-order valence-electron chi connectivity index (χ4n) is 2.62. The number of carbonyl (C=O) groups excluding carboxylic acids is 2. The first kappa shape index (κ1) is 19.1. The minimum atomic E-state index is -0.527. The van der Waals surface area contributed by atoms with E-state index in [1.807, 2.05) is 32.0 Å². The number of aliphatic imine (C=N–C) groups is 1. The number of amidine groups is 1. The SMILES string of the molecule is Cc1ccc(N=C2S[C@@H](CC(=O)Nc3ccc(F)cc3)C(=O)N2C)cc1C. The number of carbonyl (C=O) groups is 2. The van der Waals surface area contributed by atoms with Crippen molar-refractivity contribution >= 4 is 40.1 Å². The zero-order valence-electron chi connectivity index (χ0n) is 15.3. The lowest BCUT2D eigenvalue weighted by atomic mass is 10.1. The predicted octanol–water partition coefficient (Wildman–Crippen LogP) is 4.03. The number of hydrogen-bond acceptors (Lipinski definition) is 4. The van der Waals surface area contributed by atoms with Crippen LogP contribution in [0.25, 0.3) is 0 Å². The van der Waals surface area contributed by atoms with Gasteiger partial charge in [0, 0.05) is 19.2 Å². The summed E-state index contributed by atoms with van der Waals surface area (Å²) in [4.78, 5) is 30.7. The number of hydrogen-bond donors (Lipinski definition) is 1. The third-order valence-electron chi connectivity index (χ3n) is 4.35. The Balaban J connectivity index is 1.67. The Kier molecular flexibility index (Phi) is 5.60. The Morgan fingerprint density at radius 2 is 1.89 bits per heavy atom. The first-order valence-corrected chi connectivity index (χ1v) is 9.37. The lowest BCUT2D eigenvalue weighted by molar-refractivity contribution is -0.127. The molecule has 140 valence electrons. The van der Waals surface area contributed by atoms with E-state index < -0.39 is 5.25 Å². The number of anilines is 1. The second-order valence-corrected chi connectivity index (χ2v) is 7.60. The van der Waals surface area contributed by atoms with Gasteiger partial charge in [-0.1, -0.05) is 17.8 Å². The first-order valence-electron chi connectivity index (χ1n) is 8.49. The van der Waals surface area contributed by atoms with Gasteiger partial charge in [0.2, 0.25) is 11.8 Å². The van der Waals surface area contributed by atoms with E-state index >= 15 is 0 Å². The molecular formula is C20H20FN3O2S. The van der Waals surface area contributed by atoms with E-state index in [2.05, 4.69) is 10.3 Å². The van der Waals surface area contributed by atoms with E-state index in [9.17, 15) is 14.0 Å². The number of nitrogens with zero attached hydrogens (tertiary/aromatic N) is 2. The Morgan fingerprint density at radius 3 is 2.56 bits per heavy atom. The van der Waals surface area contributed by atoms with Crippen molar-refractivity contribution in [3.8, 4) is 0 Å². The van der Waals surface area contributed by atoms with E-state index in [0.29, 0.717) is 10.9 Å². The molecule has 27 heavy (non-hydrogen) atoms. The molecule has 1 heterocycles. The molecule has 7 heteroatoms. The van der Waals surface area contributed by atoms with E-state index in [4.69, 9.17) is 0 Å². The smallest absolute Gasteiger partial charge is 0.242 e. The highest BCUT2D eigenvalue weighted by atomic mass is 32.2. The van der Waals surface area contributed by atoms with Gasteiger partial charge in [0.1, 0.15) is 11.1 Å². The van der Waals surface area contributed by atoms with Gasteiger partial charge >= 0.3 is 0 Å². The molecule has 0 saturated carbocycles. The minimum absolute atomic E-state index is 0.0250. The number of amides is 2. The summed E-state index contributed by atoms with van der Waals surface area (Å²) in [5.74, 6) is -0.825. The molecule has 0 aromatic heterocycles. The third-order valence-corrected chi connectivity index (χ3v) is 5.58. The van der Waals surface area contributed by atoms with Crippen LogP contribution in [0.4, 0.5) is 15.8 Å². The van der Waals surface area contributed by atoms with E-state index in [1.165, 1.54) is 46.5 Å². The van der Waals surface area contributed by atoms with Crippen molar-refractivity contribution in [2.75, 3.05) is 12.4 Å². The molecule has 0 spiro atoms. The standard InChI is InChI=1S/C20H20FN3O2S/c1-12-4-7-16(10-13(12)2)23-20-24(3)19(26)17(27-20)11-18(25)22-15-8-5-14(21)6-9-15/h4-10,17H,11H2,1-3H3,(H,22,25)/t17-/m0/s1. The molecule has 1 N–H and O–H groups in total. The molecule has 2 amide bonds. The van der Waals surface area contributed by atoms with Crippen molar-refractivity contribution in [1.29, 1.82) is 0 Å². The van der Waals surface area contributed by atoms with Crippen LogP contribution < -0.4 is 5.32 Å². The van der Waals surface area contributed by atoms with Gasteiger partial charge in [0.15, 0.2) is 5.17 Å². The molecule has 0 radical (unpaired) electrons. The Labute approximate surface area is 161 Å². The van der Waals surface area contributed by atoms with Crippen molar-refractivity contribution < 1.29 is 14.0 Å². The largest absolute Gasteiger partial charge is 0.326 e. The summed E-state index contributed by atoms with van der Waals surface area (Å²) in [6, 6.07) is 11.4. The third kappa shape index (κ3) is 4.54. The molecule has 0 aliphatic carbocycles. The van der Waals surface area contributed by atoms with Gasteiger partial charge in [-0.05, 0) is 61.4 Å². The average Bonchev–Trinajstić information content (AvgIpc) is 2.88. The van der Waals surface area contributed by atoms with E-state index in [0.717, 1.165) is 11.3 Å². The Morgan fingerprint density at radius 1 is 1.19 bits per heavy atom. The number of rotatable bonds is 4. The van der Waals surface area contributed by atoms with Crippen LogP contribution in [0.1, 0.15) is 17.5 Å². The molecule has 1 saturated heterocycles. The van der Waals surface area contributed by atoms with Gasteiger partial charge in [0.05, 0.1) is 5.69 Å². The van der Waals surface area contributed by atoms with Crippen LogP contribution in [0.15, 0.2) is 47.5 Å². The summed E-state index contributed by atoms with van der Waals surface area (Å²) in [5.41, 5.74) is 3.58. The second-order valence-electron chi connectivity index (χ2n) is 6.43. The maximum atomic E-state index is 12.9. The van der Waals surface area contributed by atoms with Crippen LogP contribution in [0.2, 0.25) is 0 Å². The second kappa shape index (κ2) is 7.92. The van der Waals surface area contributed by atoms with Crippen molar-refractivity contribution in [1.82, 2.24) is 4.90 Å². The quantitative estimate of drug-likeness (QED) is 0.864. The number of aryl methyl sites for hydroxylation is 2. The van der Waals surface area contributed by atoms with Crippen LogP contribution in [0.3, 0.4) is 0 Å². The van der Waals surface area contributed by atoms with Crippen molar-refractivity contribution in [3.63, 3.8) is 0 Å². The number of thioether (sulfide) groups is 1. The van der Waals surface area contributed by atoms with Crippen LogP contribution >= 0.6 is 11.8 Å². The molecule has 0 bridgehead atoms. The van der Waals surface area contributed by atoms with Crippen molar-refractivity contribution in [2.45, 2.75) is 25.5 Å². The molecule has 5 nitrogen and oxygen atoms in total. The fraction of sp³-hybridized carbons (Fsp3) is 0.250. The van der Waals surface area contributed by atoms with Gasteiger partial charge in [-0.2, -0.15) is 0 Å². The van der Waals surface area contributed by atoms with Crippen LogP contribution in [-0.4, -0.2) is 34.2 Å². The molecule has 1 atom stereocenters. The highest BCUT2D eigenvalue weighted by molar-refractivity contribution is 8.15. The van der Waals surface area contributed by atoms with Crippen molar-refractivity contribution in [3.05, 3.63) is 59.4 Å². The number of nitrogens with one attached hydrogen (secondary N) is 1. The Bertz CT molecular complexity index is 912. The molecule has 1 aliphatic rings. The van der Waals surface area contributed by atoms with Crippen LogP contribution in [-0.2, 0) is 9.59 Å². The molecule has 0 unspecified atom stereocenters. The highest BCUT2D eigenvalue weighted by Gasteiger charge is 2.37. The van der Waals surface area contributed by atoms with Gasteiger partial charge < -0.3 is 5.32 Å². The number of halogens is 1. The molecule has 3 rings (SSSR count). The summed E-state index contributed by atoms with van der Waals surface area (Å²) in [6.07, 6.45) is 0.0250. The maximum Gasteiger partial charge on any atom is 0.242 e. The van der Waals surface area contributed by atoms with Gasteiger partial charge in [-0.25, -0.2) is 9.38 Å². The van der Waals surface area contributed by atoms with Gasteiger partial charge in [-0.3, -0.25) is 14.5 Å². The predicted molar refractivity (Wildman–Crippen MR) is 107 cm³/mol. The van der Waals surface area contributed by atoms with Crippen LogP contribution in [0, 0.1) is 19.7 Å². The molecule has 2 aromatic rings. The number of benzene rings is 2. The van der Waals surface area contributed by atoms with Crippen molar-refractivity contribution in [2.24, 2.45) is 4.99 Å². The summed E-state index contributed by atoms with van der Waals surface area (Å²) in [6.45, 7) is 4.04. The highest BCUT2D eigenvalue weighted by Crippen LogP contribution is 2.31. The summed E-state index contributed by atoms with van der Waals surface area (Å²) < 4.78 is 12.9. The molecular weight excluding hydrogens is 365 g/mol. The zero-order chi connectivity index (χ0) is 19.6. The summed E-state index contributed by atoms with van der Waals surface area (Å²) in [7, 11) is 1.66. The fourth-order valence-corrected chi connectivity index (χ4v) is 3.77. The molecule has 2 aromatic carbocycles. The minimum Gasteiger partial charge on any atom is -0.326 e. The molecule has 1 fully saturated rings. The lowest BCUT2D eigenvalue weighted by Gasteiger charge is -2.09. The lowest BCUT2D eigenvalue weighted by Crippen LogP contribution is -2.30. The Hall–Kier alpha value is -2.67. The van der Waals surface area contributed by atoms with Crippen LogP contribution in [0.5, 0.6) is 0 Å². The topological polar surface area (TPSA) is 61.8 Å². The normalized spacial score (nSPS) is 18.2.